The summed E-state index contributed by atoms with van der Waals surface area (Å²) in [6.07, 6.45) is 14.8. The highest BCUT2D eigenvalue weighted by atomic mass is 32.2. The average Bonchev–Trinajstić information content (AvgIpc) is 4.15. The standard InChI is InChI=1S/C50H61FN2O8S/c1-3-27-58-50-45(53(49(56)34-15-16-34)32-33-13-17-36(51)18-14-33)31-43(52-61-46-12-6-9-28-57-46)41-29-35(10-4-7-25-54)40(11-5-8-26-55)47(48(41)50)42-30-38(21-24-44(42)60-50)59-37-19-22-39(62-2)23-20-37/h3,13-14,17-24,29-30,34-35,40,45-48,54-55H,1,4-12,15-16,25-28,31-32H2,2H3. The molecule has 2 aliphatic heterocycles. The van der Waals surface area contributed by atoms with Gasteiger partial charge in [-0.1, -0.05) is 42.3 Å². The zero-order chi connectivity index (χ0) is 43.1. The summed E-state index contributed by atoms with van der Waals surface area (Å²) in [4.78, 5) is 24.2. The summed E-state index contributed by atoms with van der Waals surface area (Å²) in [5.74, 6) is -0.353. The van der Waals surface area contributed by atoms with Gasteiger partial charge in [0.25, 0.3) is 0 Å². The summed E-state index contributed by atoms with van der Waals surface area (Å²) in [7, 11) is 0. The van der Waals surface area contributed by atoms with Crippen molar-refractivity contribution in [3.05, 3.63) is 108 Å². The van der Waals surface area contributed by atoms with Gasteiger partial charge in [0, 0.05) is 54.9 Å². The normalized spacial score (nSPS) is 27.0. The molecular weight excluding hydrogens is 808 g/mol. The van der Waals surface area contributed by atoms with Gasteiger partial charge in [0.1, 0.15) is 29.1 Å². The lowest BCUT2D eigenvalue weighted by Crippen LogP contribution is -2.70. The number of carbonyl (C=O) groups is 1. The molecule has 2 saturated carbocycles. The first kappa shape index (κ1) is 44.4. The van der Waals surface area contributed by atoms with E-state index in [1.807, 2.05) is 47.6 Å². The van der Waals surface area contributed by atoms with Crippen molar-refractivity contribution in [3.63, 3.8) is 0 Å². The number of halogens is 1. The minimum Gasteiger partial charge on any atom is -0.459 e. The van der Waals surface area contributed by atoms with Crippen molar-refractivity contribution in [3.8, 4) is 17.2 Å². The van der Waals surface area contributed by atoms with Gasteiger partial charge in [-0.3, -0.25) is 4.79 Å². The number of allylic oxidation sites excluding steroid dienone is 1. The Morgan fingerprint density at radius 3 is 2.44 bits per heavy atom. The highest BCUT2D eigenvalue weighted by Crippen LogP contribution is 2.62. The fourth-order valence-corrected chi connectivity index (χ4v) is 10.5. The van der Waals surface area contributed by atoms with Crippen LogP contribution in [0, 0.1) is 29.5 Å². The topological polar surface area (TPSA) is 119 Å². The number of rotatable bonds is 20. The molecule has 7 atom stereocenters. The molecule has 8 rings (SSSR count). The first-order valence-electron chi connectivity index (χ1n) is 22.6. The van der Waals surface area contributed by atoms with Gasteiger partial charge in [-0.2, -0.15) is 0 Å². The van der Waals surface area contributed by atoms with E-state index >= 15 is 0 Å². The van der Waals surface area contributed by atoms with E-state index in [9.17, 15) is 19.4 Å². The van der Waals surface area contributed by atoms with Crippen molar-refractivity contribution in [2.24, 2.45) is 28.8 Å². The molecule has 12 heteroatoms. The van der Waals surface area contributed by atoms with Gasteiger partial charge in [-0.05, 0) is 135 Å². The van der Waals surface area contributed by atoms with E-state index in [0.29, 0.717) is 30.9 Å². The molecule has 0 aromatic heterocycles. The fourth-order valence-electron chi connectivity index (χ4n) is 10.1. The van der Waals surface area contributed by atoms with Gasteiger partial charge in [-0.25, -0.2) is 4.39 Å². The van der Waals surface area contributed by atoms with Crippen molar-refractivity contribution in [2.75, 3.05) is 32.7 Å². The van der Waals surface area contributed by atoms with Crippen LogP contribution in [0.1, 0.15) is 94.1 Å². The molecule has 10 nitrogen and oxygen atoms in total. The van der Waals surface area contributed by atoms with E-state index in [-0.39, 0.29) is 68.2 Å². The smallest absolute Gasteiger partial charge is 0.239 e. The number of nitrogens with zero attached hydrogens (tertiary/aromatic N) is 2. The Balaban J connectivity index is 1.32. The molecule has 0 bridgehead atoms. The maximum absolute atomic E-state index is 14.8. The molecule has 0 spiro atoms. The number of aliphatic hydroxyl groups excluding tert-OH is 2. The quantitative estimate of drug-likeness (QED) is 0.0495. The number of hydrogen-bond acceptors (Lipinski definition) is 10. The lowest BCUT2D eigenvalue weighted by molar-refractivity contribution is -0.258. The van der Waals surface area contributed by atoms with E-state index in [1.54, 1.807) is 30.0 Å². The largest absolute Gasteiger partial charge is 0.459 e. The van der Waals surface area contributed by atoms with Crippen LogP contribution in [0.2, 0.25) is 0 Å². The third-order valence-electron chi connectivity index (χ3n) is 13.2. The number of hydrogen-bond donors (Lipinski definition) is 2. The molecule has 0 radical (unpaired) electrons. The number of ether oxygens (including phenoxy) is 4. The van der Waals surface area contributed by atoms with Gasteiger partial charge >= 0.3 is 0 Å². The first-order chi connectivity index (χ1) is 30.3. The molecule has 1 amide bonds. The van der Waals surface area contributed by atoms with E-state index in [1.165, 1.54) is 12.1 Å². The molecule has 7 unspecified atom stereocenters. The number of benzene rings is 3. The number of amides is 1. The summed E-state index contributed by atoms with van der Waals surface area (Å²) >= 11 is 1.67. The highest BCUT2D eigenvalue weighted by Gasteiger charge is 2.66. The Morgan fingerprint density at radius 2 is 1.74 bits per heavy atom. The Bertz CT molecular complexity index is 2050. The summed E-state index contributed by atoms with van der Waals surface area (Å²) in [5, 5.41) is 24.9. The third kappa shape index (κ3) is 9.79. The highest BCUT2D eigenvalue weighted by molar-refractivity contribution is 7.98. The van der Waals surface area contributed by atoms with Crippen LogP contribution in [0.15, 0.2) is 101 Å². The van der Waals surface area contributed by atoms with Gasteiger partial charge in [0.15, 0.2) is 0 Å². The van der Waals surface area contributed by atoms with Crippen molar-refractivity contribution >= 4 is 23.4 Å². The predicted molar refractivity (Wildman–Crippen MR) is 238 cm³/mol. The van der Waals surface area contributed by atoms with E-state index in [0.717, 1.165) is 90.8 Å². The number of carbonyl (C=O) groups excluding carboxylic acids is 1. The molecule has 3 aromatic rings. The van der Waals surface area contributed by atoms with Crippen molar-refractivity contribution < 1.29 is 43.2 Å². The molecule has 3 aromatic carbocycles. The summed E-state index contributed by atoms with van der Waals surface area (Å²) in [5.41, 5.74) is 3.45. The zero-order valence-electron chi connectivity index (χ0n) is 35.8. The number of oxime groups is 1. The fraction of sp³-hybridized carbons (Fsp3) is 0.520. The molecule has 2 N–H and O–H groups in total. The SMILES string of the molecule is C=CCOC12Oc3ccc(Oc4ccc(SC)cc4)cc3C3C(CCCCO)C(CCCCO)C=C(C(=NOC4CCCCO4)CC1N(Cc1ccc(F)cc1)C(=O)C1CC1)C32. The predicted octanol–water partition coefficient (Wildman–Crippen LogP) is 9.94. The maximum Gasteiger partial charge on any atom is 0.239 e. The Hall–Kier alpha value is -4.20. The zero-order valence-corrected chi connectivity index (χ0v) is 36.6. The summed E-state index contributed by atoms with van der Waals surface area (Å²) in [6.45, 7) is 5.25. The van der Waals surface area contributed by atoms with Crippen LogP contribution in [0.25, 0.3) is 0 Å². The van der Waals surface area contributed by atoms with Crippen molar-refractivity contribution in [1.29, 1.82) is 0 Å². The molecule has 332 valence electrons. The van der Waals surface area contributed by atoms with Crippen LogP contribution in [0.4, 0.5) is 4.39 Å². The Morgan fingerprint density at radius 1 is 0.984 bits per heavy atom. The second-order valence-corrected chi connectivity index (χ2v) is 18.2. The monoisotopic (exact) mass is 868 g/mol. The van der Waals surface area contributed by atoms with Crippen molar-refractivity contribution in [1.82, 2.24) is 4.90 Å². The minimum absolute atomic E-state index is 0.00332. The van der Waals surface area contributed by atoms with Gasteiger partial charge in [0.2, 0.25) is 18.0 Å². The van der Waals surface area contributed by atoms with E-state index in [4.69, 9.17) is 28.9 Å². The summed E-state index contributed by atoms with van der Waals surface area (Å²) in [6, 6.07) is 19.7. The van der Waals surface area contributed by atoms with Crippen LogP contribution in [0.5, 0.6) is 17.2 Å². The number of aliphatic hydroxyl groups is 2. The van der Waals surface area contributed by atoms with Gasteiger partial charge < -0.3 is 38.9 Å². The van der Waals surface area contributed by atoms with Crippen LogP contribution in [0.3, 0.4) is 0 Å². The third-order valence-corrected chi connectivity index (χ3v) is 14.0. The molecule has 62 heavy (non-hydrogen) atoms. The van der Waals surface area contributed by atoms with E-state index < -0.39 is 24.0 Å². The molecule has 5 aliphatic rings. The Labute approximate surface area is 369 Å². The van der Waals surface area contributed by atoms with Crippen LogP contribution < -0.4 is 9.47 Å². The second-order valence-electron chi connectivity index (χ2n) is 17.3. The van der Waals surface area contributed by atoms with Gasteiger partial charge in [-0.15, -0.1) is 18.3 Å². The molecule has 3 aliphatic carbocycles. The maximum atomic E-state index is 14.8. The lowest BCUT2D eigenvalue weighted by atomic mass is 9.55. The van der Waals surface area contributed by atoms with Crippen LogP contribution in [-0.2, 0) is 25.7 Å². The number of thioether (sulfide) groups is 1. The second kappa shape index (κ2) is 20.5. The Kier molecular flexibility index (Phi) is 14.7. The average molecular weight is 869 g/mol. The molecular formula is C50H61FN2O8S. The molecule has 2 heterocycles. The van der Waals surface area contributed by atoms with E-state index in [2.05, 4.69) is 18.7 Å². The van der Waals surface area contributed by atoms with Crippen LogP contribution >= 0.6 is 11.8 Å². The van der Waals surface area contributed by atoms with Gasteiger partial charge in [0.05, 0.1) is 24.8 Å². The first-order valence-corrected chi connectivity index (χ1v) is 23.8. The number of fused-ring (bicyclic) bond motifs is 2. The molecule has 3 fully saturated rings. The summed E-state index contributed by atoms with van der Waals surface area (Å²) < 4.78 is 41.5. The van der Waals surface area contributed by atoms with Crippen LogP contribution in [-0.4, -0.2) is 77.5 Å². The molecule has 1 saturated heterocycles. The van der Waals surface area contributed by atoms with Crippen molar-refractivity contribution in [2.45, 2.75) is 113 Å². The lowest BCUT2D eigenvalue weighted by Gasteiger charge is -2.60. The minimum atomic E-state index is -1.40. The number of unbranched alkanes of at least 4 members (excludes halogenated alkanes) is 2.